The van der Waals surface area contributed by atoms with E-state index < -0.39 is 0 Å². The third-order valence-corrected chi connectivity index (χ3v) is 6.29. The molecule has 1 aliphatic heterocycles. The first-order chi connectivity index (χ1) is 14.2. The standard InChI is InChI=1S/C25H30N2O2/c28-24(26-23-14-5-2-6-15-23)21-12-7-11-20(17-21)22-13-8-16-27(18-22)25(29)19-9-3-1-4-10-19/h1,3-4,7,9-12,17,22-23H,2,5-6,8,13-16,18H2,(H,26,28). The molecule has 4 rings (SSSR count). The van der Waals surface area contributed by atoms with Gasteiger partial charge in [-0.3, -0.25) is 9.59 Å². The van der Waals surface area contributed by atoms with Gasteiger partial charge in [-0.15, -0.1) is 0 Å². The molecule has 1 unspecified atom stereocenters. The van der Waals surface area contributed by atoms with Gasteiger partial charge in [0.1, 0.15) is 0 Å². The molecule has 152 valence electrons. The molecule has 0 spiro atoms. The molecule has 1 saturated heterocycles. The number of amides is 2. The highest BCUT2D eigenvalue weighted by Gasteiger charge is 2.26. The lowest BCUT2D eigenvalue weighted by Gasteiger charge is -2.33. The highest BCUT2D eigenvalue weighted by molar-refractivity contribution is 5.95. The first-order valence-electron chi connectivity index (χ1n) is 11.0. The molecule has 1 saturated carbocycles. The quantitative estimate of drug-likeness (QED) is 0.818. The van der Waals surface area contributed by atoms with Crippen molar-refractivity contribution < 1.29 is 9.59 Å². The molecule has 1 atom stereocenters. The zero-order valence-electron chi connectivity index (χ0n) is 17.0. The summed E-state index contributed by atoms with van der Waals surface area (Å²) in [6.45, 7) is 1.51. The molecule has 2 amide bonds. The summed E-state index contributed by atoms with van der Waals surface area (Å²) >= 11 is 0. The lowest BCUT2D eigenvalue weighted by molar-refractivity contribution is 0.0706. The van der Waals surface area contributed by atoms with Crippen molar-refractivity contribution in [1.29, 1.82) is 0 Å². The van der Waals surface area contributed by atoms with Crippen LogP contribution in [0.1, 0.15) is 77.1 Å². The first kappa shape index (κ1) is 19.7. The number of carbonyl (C=O) groups excluding carboxylic acids is 2. The number of hydrogen-bond donors (Lipinski definition) is 1. The van der Waals surface area contributed by atoms with Crippen LogP contribution in [-0.2, 0) is 0 Å². The van der Waals surface area contributed by atoms with Crippen LogP contribution < -0.4 is 5.32 Å². The second kappa shape index (κ2) is 9.25. The fourth-order valence-corrected chi connectivity index (χ4v) is 4.65. The van der Waals surface area contributed by atoms with Gasteiger partial charge in [-0.25, -0.2) is 0 Å². The summed E-state index contributed by atoms with van der Waals surface area (Å²) in [5.41, 5.74) is 2.64. The maximum absolute atomic E-state index is 12.8. The number of nitrogens with zero attached hydrogens (tertiary/aromatic N) is 1. The van der Waals surface area contributed by atoms with Gasteiger partial charge < -0.3 is 10.2 Å². The third-order valence-electron chi connectivity index (χ3n) is 6.29. The van der Waals surface area contributed by atoms with Crippen molar-refractivity contribution in [1.82, 2.24) is 10.2 Å². The molecule has 1 aliphatic carbocycles. The van der Waals surface area contributed by atoms with E-state index in [2.05, 4.69) is 11.4 Å². The number of likely N-dealkylation sites (tertiary alicyclic amines) is 1. The van der Waals surface area contributed by atoms with Crippen LogP contribution >= 0.6 is 0 Å². The summed E-state index contributed by atoms with van der Waals surface area (Å²) in [5, 5.41) is 3.21. The zero-order valence-corrected chi connectivity index (χ0v) is 17.0. The van der Waals surface area contributed by atoms with Crippen LogP contribution in [0.2, 0.25) is 0 Å². The lowest BCUT2D eigenvalue weighted by atomic mass is 9.89. The fraction of sp³-hybridized carbons (Fsp3) is 0.440. The molecule has 1 N–H and O–H groups in total. The highest BCUT2D eigenvalue weighted by atomic mass is 16.2. The summed E-state index contributed by atoms with van der Waals surface area (Å²) in [7, 11) is 0. The van der Waals surface area contributed by atoms with Crippen molar-refractivity contribution in [3.63, 3.8) is 0 Å². The monoisotopic (exact) mass is 390 g/mol. The van der Waals surface area contributed by atoms with Gasteiger partial charge in [0.25, 0.3) is 11.8 Å². The van der Waals surface area contributed by atoms with E-state index in [4.69, 9.17) is 0 Å². The Morgan fingerprint density at radius 3 is 2.38 bits per heavy atom. The van der Waals surface area contributed by atoms with E-state index in [1.807, 2.05) is 53.4 Å². The van der Waals surface area contributed by atoms with Crippen LogP contribution in [0.3, 0.4) is 0 Å². The Kier molecular flexibility index (Phi) is 6.28. The molecule has 2 aliphatic rings. The van der Waals surface area contributed by atoms with E-state index in [-0.39, 0.29) is 17.7 Å². The van der Waals surface area contributed by atoms with E-state index in [1.54, 1.807) is 0 Å². The van der Waals surface area contributed by atoms with E-state index >= 15 is 0 Å². The van der Waals surface area contributed by atoms with Gasteiger partial charge in [0.05, 0.1) is 0 Å². The third kappa shape index (κ3) is 4.87. The minimum atomic E-state index is 0.0341. The molecule has 2 aromatic carbocycles. The van der Waals surface area contributed by atoms with E-state index in [0.717, 1.165) is 48.9 Å². The van der Waals surface area contributed by atoms with Gasteiger partial charge >= 0.3 is 0 Å². The average Bonchev–Trinajstić information content (AvgIpc) is 2.80. The minimum absolute atomic E-state index is 0.0341. The Balaban J connectivity index is 1.43. The van der Waals surface area contributed by atoms with Gasteiger partial charge in [0.2, 0.25) is 0 Å². The second-order valence-corrected chi connectivity index (χ2v) is 8.39. The van der Waals surface area contributed by atoms with E-state index in [1.165, 1.54) is 19.3 Å². The molecule has 29 heavy (non-hydrogen) atoms. The Labute approximate surface area is 173 Å². The maximum atomic E-state index is 12.8. The van der Waals surface area contributed by atoms with Crippen LogP contribution in [0.5, 0.6) is 0 Å². The Morgan fingerprint density at radius 1 is 0.828 bits per heavy atom. The smallest absolute Gasteiger partial charge is 0.253 e. The largest absolute Gasteiger partial charge is 0.349 e. The number of carbonyl (C=O) groups is 2. The Bertz CT molecular complexity index is 843. The number of piperidine rings is 1. The van der Waals surface area contributed by atoms with Crippen LogP contribution in [0, 0.1) is 0 Å². The molecule has 2 aromatic rings. The summed E-state index contributed by atoms with van der Waals surface area (Å²) in [4.78, 5) is 27.5. The fourth-order valence-electron chi connectivity index (χ4n) is 4.65. The summed E-state index contributed by atoms with van der Waals surface area (Å²) in [6, 6.07) is 17.8. The van der Waals surface area contributed by atoms with Crippen molar-refractivity contribution >= 4 is 11.8 Å². The molecular weight excluding hydrogens is 360 g/mol. The van der Waals surface area contributed by atoms with E-state index in [0.29, 0.717) is 12.6 Å². The molecular formula is C25H30N2O2. The predicted octanol–water partition coefficient (Wildman–Crippen LogP) is 4.77. The van der Waals surface area contributed by atoms with Gasteiger partial charge in [0, 0.05) is 36.2 Å². The minimum Gasteiger partial charge on any atom is -0.349 e. The first-order valence-corrected chi connectivity index (χ1v) is 11.0. The van der Waals surface area contributed by atoms with Crippen LogP contribution in [-0.4, -0.2) is 35.8 Å². The van der Waals surface area contributed by atoms with Crippen LogP contribution in [0.4, 0.5) is 0 Å². The number of rotatable bonds is 4. The number of nitrogens with one attached hydrogen (secondary N) is 1. The Morgan fingerprint density at radius 2 is 1.59 bits per heavy atom. The molecule has 4 heteroatoms. The average molecular weight is 391 g/mol. The van der Waals surface area contributed by atoms with E-state index in [9.17, 15) is 9.59 Å². The topological polar surface area (TPSA) is 49.4 Å². The molecule has 0 aromatic heterocycles. The number of hydrogen-bond acceptors (Lipinski definition) is 2. The van der Waals surface area contributed by atoms with Gasteiger partial charge in [-0.2, -0.15) is 0 Å². The molecule has 2 fully saturated rings. The normalized spacial score (nSPS) is 20.3. The lowest BCUT2D eigenvalue weighted by Crippen LogP contribution is -2.39. The van der Waals surface area contributed by atoms with Gasteiger partial charge in [-0.05, 0) is 55.5 Å². The summed E-state index contributed by atoms with van der Waals surface area (Å²) in [5.74, 6) is 0.409. The highest BCUT2D eigenvalue weighted by Crippen LogP contribution is 2.28. The van der Waals surface area contributed by atoms with Crippen molar-refractivity contribution in [2.24, 2.45) is 0 Å². The van der Waals surface area contributed by atoms with Gasteiger partial charge in [0.15, 0.2) is 0 Å². The Hall–Kier alpha value is -2.62. The van der Waals surface area contributed by atoms with Crippen molar-refractivity contribution in [2.45, 2.75) is 56.9 Å². The van der Waals surface area contributed by atoms with Gasteiger partial charge in [-0.1, -0.05) is 49.6 Å². The van der Waals surface area contributed by atoms with Crippen molar-refractivity contribution in [3.8, 4) is 0 Å². The van der Waals surface area contributed by atoms with Crippen molar-refractivity contribution in [3.05, 3.63) is 71.3 Å². The maximum Gasteiger partial charge on any atom is 0.253 e. The SMILES string of the molecule is O=C(NC1CCCCC1)c1cccc(C2CCCN(C(=O)c3ccccc3)C2)c1. The number of benzene rings is 2. The predicted molar refractivity (Wildman–Crippen MR) is 115 cm³/mol. The molecule has 0 bridgehead atoms. The van der Waals surface area contributed by atoms with Crippen LogP contribution in [0.25, 0.3) is 0 Å². The molecule has 1 heterocycles. The van der Waals surface area contributed by atoms with Crippen LogP contribution in [0.15, 0.2) is 54.6 Å². The zero-order chi connectivity index (χ0) is 20.1. The summed E-state index contributed by atoms with van der Waals surface area (Å²) < 4.78 is 0. The van der Waals surface area contributed by atoms with Crippen molar-refractivity contribution in [2.75, 3.05) is 13.1 Å². The molecule has 0 radical (unpaired) electrons. The summed E-state index contributed by atoms with van der Waals surface area (Å²) in [6.07, 6.45) is 7.90. The molecule has 4 nitrogen and oxygen atoms in total. The second-order valence-electron chi connectivity index (χ2n) is 8.39.